The number of anilines is 1. The summed E-state index contributed by atoms with van der Waals surface area (Å²) in [6.45, 7) is 1.44. The molecule has 0 aromatic heterocycles. The van der Waals surface area contributed by atoms with Crippen molar-refractivity contribution in [2.24, 2.45) is 0 Å². The Morgan fingerprint density at radius 3 is 2.68 bits per heavy atom. The van der Waals surface area contributed by atoms with E-state index in [0.29, 0.717) is 5.69 Å². The third kappa shape index (κ3) is 3.74. The van der Waals surface area contributed by atoms with Gasteiger partial charge >= 0.3 is 5.69 Å². The van der Waals surface area contributed by atoms with Gasteiger partial charge in [-0.3, -0.25) is 14.9 Å². The smallest absolute Gasteiger partial charge is 0.311 e. The molecule has 3 rings (SSSR count). The number of carbonyl (C=O) groups excluding carboxylic acids is 1. The van der Waals surface area contributed by atoms with E-state index in [0.717, 1.165) is 16.3 Å². The lowest BCUT2D eigenvalue weighted by atomic mass is 10.1. The molecule has 6 heteroatoms. The highest BCUT2D eigenvalue weighted by molar-refractivity contribution is 6.02. The maximum atomic E-state index is 12.2. The molecule has 0 aliphatic carbocycles. The van der Waals surface area contributed by atoms with E-state index < -0.39 is 4.92 Å². The molecule has 0 fully saturated rings. The molecule has 0 atom stereocenters. The van der Waals surface area contributed by atoms with Crippen LogP contribution in [-0.4, -0.2) is 17.4 Å². The van der Waals surface area contributed by atoms with Crippen molar-refractivity contribution in [1.29, 1.82) is 0 Å². The summed E-state index contributed by atoms with van der Waals surface area (Å²) in [5.41, 5.74) is 1.27. The first-order valence-electron chi connectivity index (χ1n) is 7.70. The average Bonchev–Trinajstić information content (AvgIpc) is 2.61. The second-order valence-corrected chi connectivity index (χ2v) is 5.59. The minimum absolute atomic E-state index is 0.0728. The Hall–Kier alpha value is -3.41. The summed E-state index contributed by atoms with van der Waals surface area (Å²) < 4.78 is 5.35. The summed E-state index contributed by atoms with van der Waals surface area (Å²) in [5, 5.41) is 15.8. The number of nitrogens with one attached hydrogen (secondary N) is 1. The monoisotopic (exact) mass is 336 g/mol. The van der Waals surface area contributed by atoms with E-state index in [1.54, 1.807) is 19.1 Å². The van der Waals surface area contributed by atoms with Crippen molar-refractivity contribution >= 4 is 28.1 Å². The molecule has 126 valence electrons. The molecule has 0 radical (unpaired) electrons. The highest BCUT2D eigenvalue weighted by atomic mass is 16.6. The standard InChI is InChI=1S/C19H16N2O4/c1-13-9-10-18(17(11-13)21(23)24)25-12-19(22)20-16-8-4-6-14-5-2-3-7-15(14)16/h2-11H,12H2,1H3,(H,20,22). The van der Waals surface area contributed by atoms with Crippen LogP contribution in [0.2, 0.25) is 0 Å². The molecule has 1 amide bonds. The van der Waals surface area contributed by atoms with Gasteiger partial charge in [-0.05, 0) is 30.0 Å². The van der Waals surface area contributed by atoms with Crippen LogP contribution in [0.4, 0.5) is 11.4 Å². The number of rotatable bonds is 5. The molecule has 6 nitrogen and oxygen atoms in total. The van der Waals surface area contributed by atoms with Gasteiger partial charge in [-0.15, -0.1) is 0 Å². The Labute approximate surface area is 144 Å². The third-order valence-electron chi connectivity index (χ3n) is 3.73. The number of nitrogens with zero attached hydrogens (tertiary/aromatic N) is 1. The summed E-state index contributed by atoms with van der Waals surface area (Å²) in [5.74, 6) is -0.310. The first-order chi connectivity index (χ1) is 12.0. The zero-order chi connectivity index (χ0) is 17.8. The number of amides is 1. The summed E-state index contributed by atoms with van der Waals surface area (Å²) >= 11 is 0. The van der Waals surface area contributed by atoms with Gasteiger partial charge in [-0.2, -0.15) is 0 Å². The Morgan fingerprint density at radius 1 is 1.12 bits per heavy atom. The number of benzene rings is 3. The van der Waals surface area contributed by atoms with Crippen molar-refractivity contribution in [1.82, 2.24) is 0 Å². The Morgan fingerprint density at radius 2 is 1.88 bits per heavy atom. The first-order valence-corrected chi connectivity index (χ1v) is 7.70. The lowest BCUT2D eigenvalue weighted by molar-refractivity contribution is -0.385. The quantitative estimate of drug-likeness (QED) is 0.562. The van der Waals surface area contributed by atoms with Gasteiger partial charge in [0.05, 0.1) is 4.92 Å². The van der Waals surface area contributed by atoms with E-state index in [-0.39, 0.29) is 24.0 Å². The van der Waals surface area contributed by atoms with Gasteiger partial charge in [0.1, 0.15) is 0 Å². The van der Waals surface area contributed by atoms with Crippen molar-refractivity contribution in [2.75, 3.05) is 11.9 Å². The second-order valence-electron chi connectivity index (χ2n) is 5.59. The fourth-order valence-electron chi connectivity index (χ4n) is 2.56. The van der Waals surface area contributed by atoms with Crippen molar-refractivity contribution < 1.29 is 14.5 Å². The molecule has 0 aliphatic rings. The number of aryl methyl sites for hydroxylation is 1. The van der Waals surface area contributed by atoms with E-state index >= 15 is 0 Å². The van der Waals surface area contributed by atoms with Crippen LogP contribution in [0, 0.1) is 17.0 Å². The molecule has 0 aliphatic heterocycles. The minimum Gasteiger partial charge on any atom is -0.477 e. The van der Waals surface area contributed by atoms with E-state index in [1.807, 2.05) is 36.4 Å². The van der Waals surface area contributed by atoms with Crippen LogP contribution in [0.1, 0.15) is 5.56 Å². The molecule has 0 saturated heterocycles. The Bertz CT molecular complexity index is 948. The SMILES string of the molecule is Cc1ccc(OCC(=O)Nc2cccc3ccccc23)c([N+](=O)[O-])c1. The zero-order valence-corrected chi connectivity index (χ0v) is 13.6. The van der Waals surface area contributed by atoms with Crippen molar-refractivity contribution in [3.8, 4) is 5.75 Å². The van der Waals surface area contributed by atoms with Crippen LogP contribution in [0.15, 0.2) is 60.7 Å². The van der Waals surface area contributed by atoms with Gasteiger partial charge in [0.15, 0.2) is 12.4 Å². The molecule has 0 unspecified atom stereocenters. The predicted molar refractivity (Wildman–Crippen MR) is 95.9 cm³/mol. The summed E-state index contributed by atoms with van der Waals surface area (Å²) in [6.07, 6.45) is 0. The van der Waals surface area contributed by atoms with Gasteiger partial charge in [0, 0.05) is 17.1 Å². The second kappa shape index (κ2) is 7.00. The van der Waals surface area contributed by atoms with E-state index in [1.165, 1.54) is 12.1 Å². The fourth-order valence-corrected chi connectivity index (χ4v) is 2.56. The molecule has 3 aromatic rings. The lowest BCUT2D eigenvalue weighted by Gasteiger charge is -2.10. The maximum absolute atomic E-state index is 12.2. The van der Waals surface area contributed by atoms with Gasteiger partial charge in [-0.1, -0.05) is 42.5 Å². The number of fused-ring (bicyclic) bond motifs is 1. The Kier molecular flexibility index (Phi) is 4.61. The van der Waals surface area contributed by atoms with Crippen LogP contribution in [0.3, 0.4) is 0 Å². The molecule has 0 spiro atoms. The number of nitro groups is 1. The highest BCUT2D eigenvalue weighted by Crippen LogP contribution is 2.28. The molecule has 0 bridgehead atoms. The topological polar surface area (TPSA) is 81.5 Å². The van der Waals surface area contributed by atoms with Gasteiger partial charge in [0.2, 0.25) is 0 Å². The number of hydrogen-bond acceptors (Lipinski definition) is 4. The molecular formula is C19H16N2O4. The van der Waals surface area contributed by atoms with Gasteiger partial charge in [-0.25, -0.2) is 0 Å². The first kappa shape index (κ1) is 16.4. The van der Waals surface area contributed by atoms with Crippen molar-refractivity contribution in [2.45, 2.75) is 6.92 Å². The van der Waals surface area contributed by atoms with Gasteiger partial charge in [0.25, 0.3) is 5.91 Å². The Balaban J connectivity index is 1.72. The van der Waals surface area contributed by atoms with Gasteiger partial charge < -0.3 is 10.1 Å². The summed E-state index contributed by atoms with van der Waals surface area (Å²) in [4.78, 5) is 22.7. The fraction of sp³-hybridized carbons (Fsp3) is 0.105. The number of hydrogen-bond donors (Lipinski definition) is 1. The number of ether oxygens (including phenoxy) is 1. The van der Waals surface area contributed by atoms with Crippen LogP contribution in [0.25, 0.3) is 10.8 Å². The molecular weight excluding hydrogens is 320 g/mol. The van der Waals surface area contributed by atoms with Crippen LogP contribution >= 0.6 is 0 Å². The molecule has 3 aromatic carbocycles. The predicted octanol–water partition coefficient (Wildman–Crippen LogP) is 4.07. The third-order valence-corrected chi connectivity index (χ3v) is 3.73. The maximum Gasteiger partial charge on any atom is 0.311 e. The summed E-state index contributed by atoms with van der Waals surface area (Å²) in [6, 6.07) is 17.9. The van der Waals surface area contributed by atoms with Crippen molar-refractivity contribution in [3.63, 3.8) is 0 Å². The molecule has 0 heterocycles. The lowest BCUT2D eigenvalue weighted by Crippen LogP contribution is -2.20. The average molecular weight is 336 g/mol. The van der Waals surface area contributed by atoms with E-state index in [9.17, 15) is 14.9 Å². The molecule has 1 N–H and O–H groups in total. The normalized spacial score (nSPS) is 10.4. The minimum atomic E-state index is -0.523. The van der Waals surface area contributed by atoms with E-state index in [2.05, 4.69) is 5.32 Å². The van der Waals surface area contributed by atoms with Crippen LogP contribution in [-0.2, 0) is 4.79 Å². The van der Waals surface area contributed by atoms with Crippen LogP contribution in [0.5, 0.6) is 5.75 Å². The zero-order valence-electron chi connectivity index (χ0n) is 13.6. The van der Waals surface area contributed by atoms with Crippen LogP contribution < -0.4 is 10.1 Å². The number of nitro benzene ring substituents is 1. The van der Waals surface area contributed by atoms with Crippen molar-refractivity contribution in [3.05, 3.63) is 76.3 Å². The van der Waals surface area contributed by atoms with E-state index in [4.69, 9.17) is 4.74 Å². The summed E-state index contributed by atoms with van der Waals surface area (Å²) in [7, 11) is 0. The highest BCUT2D eigenvalue weighted by Gasteiger charge is 2.16. The molecule has 0 saturated carbocycles. The molecule has 25 heavy (non-hydrogen) atoms. The number of carbonyl (C=O) groups is 1. The largest absolute Gasteiger partial charge is 0.477 e.